The van der Waals surface area contributed by atoms with Crippen molar-refractivity contribution in [2.75, 3.05) is 19.6 Å². The Morgan fingerprint density at radius 1 is 1.17 bits per heavy atom. The van der Waals surface area contributed by atoms with Gasteiger partial charge in [0.25, 0.3) is 0 Å². The molecule has 1 aliphatic rings. The summed E-state index contributed by atoms with van der Waals surface area (Å²) in [6.07, 6.45) is 5.22. The van der Waals surface area contributed by atoms with E-state index in [1.165, 1.54) is 4.90 Å². The first-order valence-corrected chi connectivity index (χ1v) is 13.0. The van der Waals surface area contributed by atoms with Crippen molar-refractivity contribution in [1.82, 2.24) is 15.5 Å². The normalized spacial score (nSPS) is 16.7. The topological polar surface area (TPSA) is 261 Å². The number of carbonyl (C=O) groups is 4. The van der Waals surface area contributed by atoms with Crippen LogP contribution in [0.1, 0.15) is 58.3 Å². The number of hydrogen-bond acceptors (Lipinski definition) is 8. The zero-order valence-electron chi connectivity index (χ0n) is 20.5. The Labute approximate surface area is 211 Å². The molecule has 16 heteroatoms. The number of likely N-dealkylation sites (tertiary alicyclic amines) is 1. The van der Waals surface area contributed by atoms with E-state index in [4.69, 9.17) is 34.7 Å². The first-order valence-electron chi connectivity index (χ1n) is 11.6. The number of nitrogens with zero attached hydrogens (tertiary/aromatic N) is 2. The van der Waals surface area contributed by atoms with Crippen LogP contribution < -0.4 is 27.8 Å². The van der Waals surface area contributed by atoms with Crippen molar-refractivity contribution in [1.29, 1.82) is 0 Å². The molecule has 3 atom stereocenters. The Bertz CT molecular complexity index is 841. The van der Waals surface area contributed by atoms with Gasteiger partial charge in [0.05, 0.1) is 12.1 Å². The Morgan fingerprint density at radius 2 is 1.81 bits per heavy atom. The van der Waals surface area contributed by atoms with Crippen LogP contribution in [0, 0.1) is 0 Å². The Balaban J connectivity index is 0.00000222. The molecule has 1 aliphatic heterocycles. The summed E-state index contributed by atoms with van der Waals surface area (Å²) in [4.78, 5) is 53.3. The second-order valence-corrected chi connectivity index (χ2v) is 9.04. The molecule has 3 amide bonds. The molecule has 0 aromatic heterocycles. The van der Waals surface area contributed by atoms with Crippen LogP contribution in [0.3, 0.4) is 0 Å². The molecule has 15 nitrogen and oxygen atoms in total. The van der Waals surface area contributed by atoms with Crippen molar-refractivity contribution in [3.05, 3.63) is 0 Å². The number of aliphatic imine (C=N–C) groups is 1. The van der Waals surface area contributed by atoms with Crippen LogP contribution in [-0.2, 0) is 29.6 Å². The van der Waals surface area contributed by atoms with E-state index in [1.54, 1.807) is 6.92 Å². The van der Waals surface area contributed by atoms with Crippen molar-refractivity contribution in [3.8, 4) is 0 Å². The van der Waals surface area contributed by atoms with Gasteiger partial charge in [-0.1, -0.05) is 6.92 Å². The van der Waals surface area contributed by atoms with E-state index in [9.17, 15) is 19.2 Å². The fraction of sp³-hybridized carbons (Fsp3) is 0.750. The lowest BCUT2D eigenvalue weighted by Gasteiger charge is -2.27. The van der Waals surface area contributed by atoms with Gasteiger partial charge in [0.15, 0.2) is 5.96 Å². The molecule has 1 fully saturated rings. The van der Waals surface area contributed by atoms with Crippen LogP contribution in [0.4, 0.5) is 0 Å². The van der Waals surface area contributed by atoms with Gasteiger partial charge in [0.2, 0.25) is 17.7 Å². The van der Waals surface area contributed by atoms with Gasteiger partial charge in [-0.2, -0.15) is 8.42 Å². The molecule has 0 radical (unpaired) electrons. The maximum Gasteiger partial charge on any atom is 0.394 e. The average molecular weight is 538 g/mol. The van der Waals surface area contributed by atoms with Crippen molar-refractivity contribution in [2.45, 2.75) is 76.4 Å². The molecule has 0 unspecified atom stereocenters. The number of hydrogen-bond donors (Lipinski definition) is 7. The number of nitrogens with two attached hydrogens (primary N) is 3. The van der Waals surface area contributed by atoms with Crippen molar-refractivity contribution in [3.63, 3.8) is 0 Å². The van der Waals surface area contributed by atoms with Crippen LogP contribution in [0.5, 0.6) is 0 Å². The summed E-state index contributed by atoms with van der Waals surface area (Å²) in [6, 6.07) is -1.98. The number of amides is 3. The minimum Gasteiger partial charge on any atom is -0.370 e. The summed E-state index contributed by atoms with van der Waals surface area (Å²) >= 11 is 0. The zero-order chi connectivity index (χ0) is 27.7. The van der Waals surface area contributed by atoms with Crippen LogP contribution >= 0.6 is 0 Å². The van der Waals surface area contributed by atoms with Crippen LogP contribution in [0.25, 0.3) is 0 Å². The first-order chi connectivity index (χ1) is 16.8. The van der Waals surface area contributed by atoms with Crippen LogP contribution in [0.15, 0.2) is 4.99 Å². The van der Waals surface area contributed by atoms with E-state index >= 15 is 0 Å². The minimum atomic E-state index is -4.67. The summed E-state index contributed by atoms with van der Waals surface area (Å²) in [5.74, 6) is -0.630. The van der Waals surface area contributed by atoms with Crippen molar-refractivity contribution >= 4 is 40.4 Å². The van der Waals surface area contributed by atoms with E-state index in [0.29, 0.717) is 70.9 Å². The summed E-state index contributed by atoms with van der Waals surface area (Å²) in [5, 5.41) is 5.49. The zero-order valence-corrected chi connectivity index (χ0v) is 21.3. The Kier molecular flexibility index (Phi) is 16.2. The largest absolute Gasteiger partial charge is 0.394 e. The number of unbranched alkanes of at least 4 members (excludes halogenated alkanes) is 1. The molecule has 0 aromatic carbocycles. The average Bonchev–Trinajstić information content (AvgIpc) is 3.28. The van der Waals surface area contributed by atoms with Gasteiger partial charge in [-0.3, -0.25) is 28.5 Å². The standard InChI is InChI=1S/C20H37N7O4.H2O4S/c1-2-17(29)24-10-4-3-8-15(21)19(31)27-12-6-9-16(27)18(30)26-14(13-28)7-5-11-25-20(22)23;1-5(2,3)4/h13-16H,2-12,21H2,1H3,(H,24,29)(H,26,30)(H4,22,23,25);(H2,1,2,3,4)/t14-,15+,16-;/m0./s1. The maximum absolute atomic E-state index is 12.8. The molecule has 0 bridgehead atoms. The molecule has 1 rings (SSSR count). The number of nitrogens with one attached hydrogen (secondary N) is 2. The number of guanidine groups is 1. The molecular weight excluding hydrogens is 498 g/mol. The third kappa shape index (κ3) is 16.0. The van der Waals surface area contributed by atoms with Gasteiger partial charge in [-0.15, -0.1) is 0 Å². The third-order valence-electron chi connectivity index (χ3n) is 5.20. The fourth-order valence-electron chi connectivity index (χ4n) is 3.45. The second kappa shape index (κ2) is 17.6. The van der Waals surface area contributed by atoms with E-state index in [0.717, 1.165) is 6.42 Å². The van der Waals surface area contributed by atoms with E-state index in [1.807, 2.05) is 0 Å². The first kappa shape index (κ1) is 33.2. The van der Waals surface area contributed by atoms with Crippen LogP contribution in [-0.4, -0.2) is 90.2 Å². The summed E-state index contributed by atoms with van der Waals surface area (Å²) < 4.78 is 31.6. The summed E-state index contributed by atoms with van der Waals surface area (Å²) in [5.41, 5.74) is 16.6. The lowest BCUT2D eigenvalue weighted by molar-refractivity contribution is -0.140. The van der Waals surface area contributed by atoms with E-state index in [-0.39, 0.29) is 23.7 Å². The molecule has 1 saturated heterocycles. The smallest absolute Gasteiger partial charge is 0.370 e. The van der Waals surface area contributed by atoms with E-state index < -0.39 is 28.5 Å². The molecule has 0 aromatic rings. The van der Waals surface area contributed by atoms with Crippen LogP contribution in [0.2, 0.25) is 0 Å². The minimum absolute atomic E-state index is 0.00355. The fourth-order valence-corrected chi connectivity index (χ4v) is 3.45. The van der Waals surface area contributed by atoms with Gasteiger partial charge >= 0.3 is 10.4 Å². The highest BCUT2D eigenvalue weighted by Gasteiger charge is 2.36. The summed E-state index contributed by atoms with van der Waals surface area (Å²) in [7, 11) is -4.67. The molecule has 1 heterocycles. The van der Waals surface area contributed by atoms with Gasteiger partial charge < -0.3 is 37.5 Å². The lowest BCUT2D eigenvalue weighted by Crippen LogP contribution is -2.53. The van der Waals surface area contributed by atoms with Gasteiger partial charge in [-0.25, -0.2) is 0 Å². The molecular formula is C20H39N7O8S. The lowest BCUT2D eigenvalue weighted by atomic mass is 10.1. The Hall–Kier alpha value is -2.82. The predicted molar refractivity (Wildman–Crippen MR) is 132 cm³/mol. The molecule has 0 saturated carbocycles. The Morgan fingerprint density at radius 3 is 2.36 bits per heavy atom. The number of aldehydes is 1. The van der Waals surface area contributed by atoms with Crippen molar-refractivity contribution in [2.24, 2.45) is 22.2 Å². The SMILES string of the molecule is CCC(=O)NCCCC[C@@H](N)C(=O)N1CCC[C@H]1C(=O)N[C@H](C=O)CCCN=C(N)N.O=S(=O)(O)O. The number of carbonyl (C=O) groups excluding carboxylic acids is 4. The highest BCUT2D eigenvalue weighted by Crippen LogP contribution is 2.19. The van der Waals surface area contributed by atoms with Gasteiger partial charge in [-0.05, 0) is 44.9 Å². The van der Waals surface area contributed by atoms with Crippen molar-refractivity contribution < 1.29 is 36.7 Å². The highest BCUT2D eigenvalue weighted by molar-refractivity contribution is 7.79. The van der Waals surface area contributed by atoms with Gasteiger partial charge in [0.1, 0.15) is 12.3 Å². The molecule has 0 aliphatic carbocycles. The molecule has 10 N–H and O–H groups in total. The maximum atomic E-state index is 12.8. The quantitative estimate of drug-likeness (QED) is 0.0422. The molecule has 208 valence electrons. The summed E-state index contributed by atoms with van der Waals surface area (Å²) in [6.45, 7) is 3.18. The number of rotatable bonds is 14. The van der Waals surface area contributed by atoms with E-state index in [2.05, 4.69) is 15.6 Å². The third-order valence-corrected chi connectivity index (χ3v) is 5.20. The van der Waals surface area contributed by atoms with Gasteiger partial charge in [0, 0.05) is 26.1 Å². The molecule has 36 heavy (non-hydrogen) atoms. The predicted octanol–water partition coefficient (Wildman–Crippen LogP) is -1.91. The molecule has 0 spiro atoms. The second-order valence-electron chi connectivity index (χ2n) is 8.14. The highest BCUT2D eigenvalue weighted by atomic mass is 32.3. The monoisotopic (exact) mass is 537 g/mol.